The number of carbonyl (C=O) groups excluding carboxylic acids is 1. The minimum atomic E-state index is -0.467. The molecule has 0 bridgehead atoms. The number of benzene rings is 1. The summed E-state index contributed by atoms with van der Waals surface area (Å²) in [4.78, 5) is 12.2. The van der Waals surface area contributed by atoms with E-state index in [0.29, 0.717) is 0 Å². The summed E-state index contributed by atoms with van der Waals surface area (Å²) in [6.07, 6.45) is 0.884. The second kappa shape index (κ2) is 6.32. The summed E-state index contributed by atoms with van der Waals surface area (Å²) in [6, 6.07) is 7.67. The van der Waals surface area contributed by atoms with E-state index >= 15 is 0 Å². The second-order valence-corrected chi connectivity index (χ2v) is 9.81. The normalized spacial score (nSPS) is 23.3. The largest absolute Gasteiger partial charge is 0.491 e. The highest BCUT2D eigenvalue weighted by Crippen LogP contribution is 2.66. The van der Waals surface area contributed by atoms with Crippen LogP contribution in [0.1, 0.15) is 39.7 Å². The Bertz CT molecular complexity index is 597. The molecular weight excluding hydrogens is 412 g/mol. The van der Waals surface area contributed by atoms with Gasteiger partial charge in [0, 0.05) is 0 Å². The van der Waals surface area contributed by atoms with Crippen molar-refractivity contribution in [2.45, 2.75) is 43.5 Å². The molecule has 0 heterocycles. The van der Waals surface area contributed by atoms with Crippen LogP contribution in [0.5, 0.6) is 5.75 Å². The van der Waals surface area contributed by atoms with Gasteiger partial charge in [-0.05, 0) is 63.9 Å². The number of alkyl halides is 2. The third kappa shape index (κ3) is 3.71. The van der Waals surface area contributed by atoms with Crippen molar-refractivity contribution >= 4 is 43.5 Å². The van der Waals surface area contributed by atoms with E-state index in [9.17, 15) is 4.79 Å². The van der Waals surface area contributed by atoms with Gasteiger partial charge in [-0.2, -0.15) is 5.10 Å². The number of ether oxygens (including phenoxy) is 1. The van der Waals surface area contributed by atoms with Crippen molar-refractivity contribution in [1.82, 2.24) is 5.43 Å². The predicted octanol–water partition coefficient (Wildman–Crippen LogP) is 4.21. The lowest BCUT2D eigenvalue weighted by Crippen LogP contribution is -2.30. The first-order valence-corrected chi connectivity index (χ1v) is 8.74. The quantitative estimate of drug-likeness (QED) is 0.431. The molecule has 0 saturated heterocycles. The lowest BCUT2D eigenvalue weighted by atomic mass is 10.1. The number of hydrogen-bond donors (Lipinski definition) is 1. The molecule has 0 aliphatic heterocycles. The highest BCUT2D eigenvalue weighted by Gasteiger charge is 2.66. The average molecular weight is 432 g/mol. The molecule has 120 valence electrons. The third-order valence-corrected chi connectivity index (χ3v) is 6.04. The number of rotatable bonds is 5. The van der Waals surface area contributed by atoms with Crippen LogP contribution in [0.25, 0.3) is 0 Å². The van der Waals surface area contributed by atoms with Gasteiger partial charge in [-0.25, -0.2) is 5.43 Å². The molecule has 1 aliphatic carbocycles. The van der Waals surface area contributed by atoms with Crippen LogP contribution in [-0.2, 0) is 4.79 Å². The molecule has 22 heavy (non-hydrogen) atoms. The fourth-order valence-electron chi connectivity index (χ4n) is 2.02. The molecule has 1 unspecified atom stereocenters. The Labute approximate surface area is 148 Å². The Balaban J connectivity index is 1.99. The van der Waals surface area contributed by atoms with Gasteiger partial charge in [0.2, 0.25) is 5.91 Å². The third-order valence-electron chi connectivity index (χ3n) is 3.73. The SMILES string of the molecule is C/C(=N\NC(=O)C1(C)CC1(Br)Br)c1ccc(OC(C)C)cc1. The molecule has 6 heteroatoms. The molecule has 1 fully saturated rings. The molecule has 0 radical (unpaired) electrons. The lowest BCUT2D eigenvalue weighted by Gasteiger charge is -2.11. The van der Waals surface area contributed by atoms with Crippen molar-refractivity contribution in [1.29, 1.82) is 0 Å². The average Bonchev–Trinajstić information content (AvgIpc) is 2.96. The fourth-order valence-corrected chi connectivity index (χ4v) is 3.50. The van der Waals surface area contributed by atoms with Crippen LogP contribution in [0.2, 0.25) is 0 Å². The van der Waals surface area contributed by atoms with Crippen LogP contribution in [0.4, 0.5) is 0 Å². The number of hydrogen-bond acceptors (Lipinski definition) is 3. The smallest absolute Gasteiger partial charge is 0.248 e. The zero-order valence-electron chi connectivity index (χ0n) is 13.1. The van der Waals surface area contributed by atoms with E-state index in [1.165, 1.54) is 0 Å². The van der Waals surface area contributed by atoms with Gasteiger partial charge in [0.1, 0.15) is 5.75 Å². The molecule has 1 aromatic rings. The first-order valence-electron chi connectivity index (χ1n) is 7.15. The Morgan fingerprint density at radius 1 is 1.32 bits per heavy atom. The number of halogens is 2. The molecule has 2 rings (SSSR count). The van der Waals surface area contributed by atoms with Gasteiger partial charge in [0.25, 0.3) is 0 Å². The van der Waals surface area contributed by atoms with Gasteiger partial charge in [-0.15, -0.1) is 0 Å². The molecule has 1 aromatic carbocycles. The Hall–Kier alpha value is -0.880. The summed E-state index contributed by atoms with van der Waals surface area (Å²) in [5, 5.41) is 4.19. The fraction of sp³-hybridized carbons (Fsp3) is 0.500. The summed E-state index contributed by atoms with van der Waals surface area (Å²) in [7, 11) is 0. The summed E-state index contributed by atoms with van der Waals surface area (Å²) in [5.74, 6) is 0.727. The monoisotopic (exact) mass is 430 g/mol. The Morgan fingerprint density at radius 2 is 1.86 bits per heavy atom. The van der Waals surface area contributed by atoms with Crippen molar-refractivity contribution in [3.63, 3.8) is 0 Å². The Morgan fingerprint density at radius 3 is 2.32 bits per heavy atom. The number of nitrogens with zero attached hydrogens (tertiary/aromatic N) is 1. The zero-order valence-corrected chi connectivity index (χ0v) is 16.3. The summed E-state index contributed by atoms with van der Waals surface area (Å²) in [5.41, 5.74) is 3.88. The molecule has 0 spiro atoms. The minimum Gasteiger partial charge on any atom is -0.491 e. The summed E-state index contributed by atoms with van der Waals surface area (Å²) < 4.78 is 5.29. The van der Waals surface area contributed by atoms with Crippen molar-refractivity contribution in [3.05, 3.63) is 29.8 Å². The number of hydrazone groups is 1. The van der Waals surface area contributed by atoms with Crippen LogP contribution in [0.15, 0.2) is 29.4 Å². The topological polar surface area (TPSA) is 50.7 Å². The van der Waals surface area contributed by atoms with Crippen molar-refractivity contribution < 1.29 is 9.53 Å². The maximum absolute atomic E-state index is 12.2. The van der Waals surface area contributed by atoms with Crippen LogP contribution in [0, 0.1) is 5.41 Å². The molecule has 1 saturated carbocycles. The molecule has 1 N–H and O–H groups in total. The van der Waals surface area contributed by atoms with Gasteiger partial charge >= 0.3 is 0 Å². The number of carbonyl (C=O) groups is 1. The van der Waals surface area contributed by atoms with Crippen molar-refractivity contribution in [2.24, 2.45) is 10.5 Å². The first-order chi connectivity index (χ1) is 10.2. The van der Waals surface area contributed by atoms with E-state index in [4.69, 9.17) is 4.74 Å². The second-order valence-electron chi connectivity index (χ2n) is 6.04. The zero-order chi connectivity index (χ0) is 16.5. The van der Waals surface area contributed by atoms with E-state index in [-0.39, 0.29) is 15.2 Å². The van der Waals surface area contributed by atoms with E-state index in [2.05, 4.69) is 42.4 Å². The maximum atomic E-state index is 12.2. The van der Waals surface area contributed by atoms with Crippen molar-refractivity contribution in [3.8, 4) is 5.75 Å². The first kappa shape index (κ1) is 17.5. The summed E-state index contributed by atoms with van der Waals surface area (Å²) in [6.45, 7) is 7.74. The van der Waals surface area contributed by atoms with Gasteiger partial charge < -0.3 is 4.74 Å². The van der Waals surface area contributed by atoms with Gasteiger partial charge in [-0.1, -0.05) is 31.9 Å². The number of amides is 1. The summed E-state index contributed by atoms with van der Waals surface area (Å²) >= 11 is 6.96. The van der Waals surface area contributed by atoms with E-state index in [1.54, 1.807) is 0 Å². The molecule has 4 nitrogen and oxygen atoms in total. The highest BCUT2D eigenvalue weighted by atomic mass is 79.9. The minimum absolute atomic E-state index is 0.0969. The van der Waals surface area contributed by atoms with Gasteiger partial charge in [0.05, 0.1) is 20.5 Å². The van der Waals surface area contributed by atoms with E-state index < -0.39 is 5.41 Å². The Kier molecular flexibility index (Phi) is 5.02. The van der Waals surface area contributed by atoms with Crippen LogP contribution in [0.3, 0.4) is 0 Å². The molecule has 1 atom stereocenters. The molecular formula is C16H20Br2N2O2. The van der Waals surface area contributed by atoms with E-state index in [1.807, 2.05) is 52.0 Å². The lowest BCUT2D eigenvalue weighted by molar-refractivity contribution is -0.125. The van der Waals surface area contributed by atoms with Crippen LogP contribution < -0.4 is 10.2 Å². The van der Waals surface area contributed by atoms with Gasteiger partial charge in [-0.3, -0.25) is 4.79 Å². The van der Waals surface area contributed by atoms with E-state index in [0.717, 1.165) is 23.4 Å². The van der Waals surface area contributed by atoms with Gasteiger partial charge in [0.15, 0.2) is 0 Å². The highest BCUT2D eigenvalue weighted by molar-refractivity contribution is 9.25. The predicted molar refractivity (Wildman–Crippen MR) is 95.9 cm³/mol. The van der Waals surface area contributed by atoms with Crippen molar-refractivity contribution in [2.75, 3.05) is 0 Å². The molecule has 1 aliphatic rings. The van der Waals surface area contributed by atoms with Crippen LogP contribution in [-0.4, -0.2) is 21.0 Å². The molecule has 0 aromatic heterocycles. The molecule has 1 amide bonds. The standard InChI is InChI=1S/C16H20Br2N2O2/c1-10(2)22-13-7-5-12(6-8-13)11(3)19-20-14(21)15(4)9-16(15,17)18/h5-8,10H,9H2,1-4H3,(H,20,21)/b19-11+. The van der Waals surface area contributed by atoms with Crippen LogP contribution >= 0.6 is 31.9 Å². The number of nitrogens with one attached hydrogen (secondary N) is 1. The maximum Gasteiger partial charge on any atom is 0.248 e.